The van der Waals surface area contributed by atoms with Crippen LogP contribution in [0.3, 0.4) is 0 Å². The highest BCUT2D eigenvalue weighted by Gasteiger charge is 2.17. The quantitative estimate of drug-likeness (QED) is 0.479. The molecule has 2 heteroatoms. The Bertz CT molecular complexity index is 105. The fourth-order valence-electron chi connectivity index (χ4n) is 0.966. The van der Waals surface area contributed by atoms with Crippen LogP contribution in [0.4, 0.5) is 0 Å². The molecule has 1 unspecified atom stereocenters. The zero-order valence-electron chi connectivity index (χ0n) is 5.40. The van der Waals surface area contributed by atoms with E-state index >= 15 is 0 Å². The van der Waals surface area contributed by atoms with Crippen LogP contribution in [0.15, 0.2) is 12.2 Å². The second-order valence-corrected chi connectivity index (χ2v) is 2.91. The molecule has 0 aromatic carbocycles. The molecular formula is C7H11BrO. The van der Waals surface area contributed by atoms with E-state index < -0.39 is 0 Å². The maximum absolute atomic E-state index is 5.20. The van der Waals surface area contributed by atoms with Gasteiger partial charge in [0.05, 0.1) is 6.61 Å². The lowest BCUT2D eigenvalue weighted by Gasteiger charge is -2.06. The predicted octanol–water partition coefficient (Wildman–Crippen LogP) is 1.97. The van der Waals surface area contributed by atoms with Crippen molar-refractivity contribution in [3.05, 3.63) is 12.2 Å². The first kappa shape index (κ1) is 7.29. The molecule has 0 radical (unpaired) electrons. The highest BCUT2D eigenvalue weighted by molar-refractivity contribution is 9.09. The lowest BCUT2D eigenvalue weighted by molar-refractivity contribution is 0.190. The summed E-state index contributed by atoms with van der Waals surface area (Å²) in [6, 6.07) is 0. The SMILES string of the molecule is C=C(CBr)C1CCOC1. The van der Waals surface area contributed by atoms with Gasteiger partial charge in [-0.1, -0.05) is 28.1 Å². The van der Waals surface area contributed by atoms with Crippen molar-refractivity contribution in [1.82, 2.24) is 0 Å². The predicted molar refractivity (Wildman–Crippen MR) is 41.9 cm³/mol. The highest BCUT2D eigenvalue weighted by Crippen LogP contribution is 2.20. The van der Waals surface area contributed by atoms with Crippen LogP contribution >= 0.6 is 15.9 Å². The molecule has 52 valence electrons. The Hall–Kier alpha value is 0.180. The molecule has 1 heterocycles. The van der Waals surface area contributed by atoms with Gasteiger partial charge in [-0.25, -0.2) is 0 Å². The number of halogens is 1. The second-order valence-electron chi connectivity index (χ2n) is 2.35. The van der Waals surface area contributed by atoms with Crippen molar-refractivity contribution in [2.45, 2.75) is 6.42 Å². The summed E-state index contributed by atoms with van der Waals surface area (Å²) in [5, 5.41) is 0.918. The summed E-state index contributed by atoms with van der Waals surface area (Å²) in [5.41, 5.74) is 1.27. The minimum atomic E-state index is 0.615. The Morgan fingerprint density at radius 3 is 3.00 bits per heavy atom. The van der Waals surface area contributed by atoms with Crippen molar-refractivity contribution in [1.29, 1.82) is 0 Å². The van der Waals surface area contributed by atoms with Gasteiger partial charge in [0.25, 0.3) is 0 Å². The maximum atomic E-state index is 5.20. The Morgan fingerprint density at radius 2 is 2.56 bits per heavy atom. The summed E-state index contributed by atoms with van der Waals surface area (Å²) in [6.45, 7) is 5.72. The second kappa shape index (κ2) is 3.37. The van der Waals surface area contributed by atoms with Gasteiger partial charge in [-0.05, 0) is 6.42 Å². The third-order valence-corrected chi connectivity index (χ3v) is 2.40. The third-order valence-electron chi connectivity index (χ3n) is 1.68. The first-order valence-corrected chi connectivity index (χ1v) is 4.28. The van der Waals surface area contributed by atoms with E-state index in [0.717, 1.165) is 25.0 Å². The van der Waals surface area contributed by atoms with Gasteiger partial charge in [0, 0.05) is 17.9 Å². The molecule has 0 N–H and O–H groups in total. The first-order chi connectivity index (χ1) is 4.34. The monoisotopic (exact) mass is 190 g/mol. The molecule has 0 aromatic heterocycles. The lowest BCUT2D eigenvalue weighted by atomic mass is 10.0. The van der Waals surface area contributed by atoms with Crippen LogP contribution in [0.5, 0.6) is 0 Å². The average molecular weight is 191 g/mol. The fourth-order valence-corrected chi connectivity index (χ4v) is 1.42. The van der Waals surface area contributed by atoms with Crippen LogP contribution in [0.2, 0.25) is 0 Å². The van der Waals surface area contributed by atoms with Crippen LogP contribution in [-0.2, 0) is 4.74 Å². The standard InChI is InChI=1S/C7H11BrO/c1-6(4-8)7-2-3-9-5-7/h7H,1-5H2. The summed E-state index contributed by atoms with van der Waals surface area (Å²) in [6.07, 6.45) is 1.16. The molecule has 1 fully saturated rings. The first-order valence-electron chi connectivity index (χ1n) is 3.16. The Morgan fingerprint density at radius 1 is 1.78 bits per heavy atom. The van der Waals surface area contributed by atoms with Crippen molar-refractivity contribution >= 4 is 15.9 Å². The zero-order valence-corrected chi connectivity index (χ0v) is 6.99. The van der Waals surface area contributed by atoms with E-state index in [9.17, 15) is 0 Å². The molecule has 1 aliphatic heterocycles. The Balaban J connectivity index is 2.32. The van der Waals surface area contributed by atoms with Crippen LogP contribution < -0.4 is 0 Å². The molecule has 1 atom stereocenters. The summed E-state index contributed by atoms with van der Waals surface area (Å²) in [5.74, 6) is 0.615. The molecule has 0 aliphatic carbocycles. The van der Waals surface area contributed by atoms with Crippen molar-refractivity contribution in [2.75, 3.05) is 18.5 Å². The van der Waals surface area contributed by atoms with E-state index in [2.05, 4.69) is 22.5 Å². The van der Waals surface area contributed by atoms with E-state index in [0.29, 0.717) is 5.92 Å². The largest absolute Gasteiger partial charge is 0.381 e. The number of rotatable bonds is 2. The molecule has 1 saturated heterocycles. The van der Waals surface area contributed by atoms with Crippen LogP contribution in [0, 0.1) is 5.92 Å². The molecule has 1 aliphatic rings. The molecule has 0 amide bonds. The minimum absolute atomic E-state index is 0.615. The van der Waals surface area contributed by atoms with Gasteiger partial charge in [0.1, 0.15) is 0 Å². The van der Waals surface area contributed by atoms with E-state index in [4.69, 9.17) is 4.74 Å². The molecule has 0 spiro atoms. The molecule has 0 saturated carbocycles. The minimum Gasteiger partial charge on any atom is -0.381 e. The third kappa shape index (κ3) is 1.80. The molecule has 1 nitrogen and oxygen atoms in total. The molecule has 9 heavy (non-hydrogen) atoms. The molecule has 0 bridgehead atoms. The van der Waals surface area contributed by atoms with E-state index in [1.807, 2.05) is 0 Å². The van der Waals surface area contributed by atoms with E-state index in [-0.39, 0.29) is 0 Å². The summed E-state index contributed by atoms with van der Waals surface area (Å²) in [7, 11) is 0. The van der Waals surface area contributed by atoms with E-state index in [1.54, 1.807) is 0 Å². The van der Waals surface area contributed by atoms with Gasteiger partial charge in [-0.2, -0.15) is 0 Å². The normalized spacial score (nSPS) is 26.6. The van der Waals surface area contributed by atoms with Gasteiger partial charge in [-0.3, -0.25) is 0 Å². The summed E-state index contributed by atoms with van der Waals surface area (Å²) < 4.78 is 5.20. The van der Waals surface area contributed by atoms with Gasteiger partial charge >= 0.3 is 0 Å². The zero-order chi connectivity index (χ0) is 6.69. The Kier molecular flexibility index (Phi) is 2.73. The van der Waals surface area contributed by atoms with Crippen molar-refractivity contribution in [2.24, 2.45) is 5.92 Å². The average Bonchev–Trinajstić information content (AvgIpc) is 2.37. The molecule has 1 rings (SSSR count). The van der Waals surface area contributed by atoms with Crippen molar-refractivity contribution in [3.8, 4) is 0 Å². The van der Waals surface area contributed by atoms with Crippen LogP contribution in [-0.4, -0.2) is 18.5 Å². The van der Waals surface area contributed by atoms with E-state index in [1.165, 1.54) is 5.57 Å². The van der Waals surface area contributed by atoms with Crippen molar-refractivity contribution < 1.29 is 4.74 Å². The lowest BCUT2D eigenvalue weighted by Crippen LogP contribution is -2.02. The summed E-state index contributed by atoms with van der Waals surface area (Å²) >= 11 is 3.37. The topological polar surface area (TPSA) is 9.23 Å². The number of hydrogen-bond donors (Lipinski definition) is 0. The molecule has 0 aromatic rings. The van der Waals surface area contributed by atoms with Crippen LogP contribution in [0.1, 0.15) is 6.42 Å². The number of hydrogen-bond acceptors (Lipinski definition) is 1. The fraction of sp³-hybridized carbons (Fsp3) is 0.714. The maximum Gasteiger partial charge on any atom is 0.0532 e. The van der Waals surface area contributed by atoms with Gasteiger partial charge < -0.3 is 4.74 Å². The van der Waals surface area contributed by atoms with Gasteiger partial charge in [0.2, 0.25) is 0 Å². The van der Waals surface area contributed by atoms with Gasteiger partial charge in [0.15, 0.2) is 0 Å². The van der Waals surface area contributed by atoms with Crippen LogP contribution in [0.25, 0.3) is 0 Å². The smallest absolute Gasteiger partial charge is 0.0532 e. The van der Waals surface area contributed by atoms with Gasteiger partial charge in [-0.15, -0.1) is 0 Å². The number of ether oxygens (including phenoxy) is 1. The number of alkyl halides is 1. The van der Waals surface area contributed by atoms with Crippen molar-refractivity contribution in [3.63, 3.8) is 0 Å². The molecular weight excluding hydrogens is 180 g/mol. The summed E-state index contributed by atoms with van der Waals surface area (Å²) in [4.78, 5) is 0. The highest BCUT2D eigenvalue weighted by atomic mass is 79.9. The Labute approximate surface area is 64.2 Å².